The van der Waals surface area contributed by atoms with Crippen LogP contribution in [-0.4, -0.2) is 36.3 Å². The van der Waals surface area contributed by atoms with Gasteiger partial charge in [0.25, 0.3) is 0 Å². The summed E-state index contributed by atoms with van der Waals surface area (Å²) in [5, 5.41) is 0. The summed E-state index contributed by atoms with van der Waals surface area (Å²) in [6.45, 7) is 3.05. The molecule has 0 amide bonds. The minimum atomic E-state index is 0.293. The zero-order valence-electron chi connectivity index (χ0n) is 13.9. The van der Waals surface area contributed by atoms with Crippen molar-refractivity contribution in [3.63, 3.8) is 0 Å². The van der Waals surface area contributed by atoms with E-state index < -0.39 is 0 Å². The fourth-order valence-corrected chi connectivity index (χ4v) is 3.12. The molecule has 0 saturated carbocycles. The largest absolute Gasteiger partial charge is 0.378 e. The van der Waals surface area contributed by atoms with Crippen LogP contribution in [0.3, 0.4) is 0 Å². The van der Waals surface area contributed by atoms with E-state index >= 15 is 0 Å². The molecule has 1 aromatic heterocycles. The molecule has 0 aliphatic carbocycles. The molecule has 2 aromatic carbocycles. The fraction of sp³-hybridized carbons (Fsp3) is 0.200. The molecule has 3 aromatic rings. The number of rotatable bonds is 3. The first-order valence-corrected chi connectivity index (χ1v) is 8.43. The number of nitrogen functional groups attached to an aromatic ring is 1. The van der Waals surface area contributed by atoms with Crippen LogP contribution in [0.5, 0.6) is 0 Å². The lowest BCUT2D eigenvalue weighted by Crippen LogP contribution is -2.36. The first-order chi connectivity index (χ1) is 12.3. The first-order valence-electron chi connectivity index (χ1n) is 8.43. The van der Waals surface area contributed by atoms with Crippen molar-refractivity contribution in [2.45, 2.75) is 0 Å². The second kappa shape index (κ2) is 6.91. The van der Waals surface area contributed by atoms with Crippen LogP contribution in [0.4, 0.5) is 11.8 Å². The van der Waals surface area contributed by atoms with Crippen molar-refractivity contribution >= 4 is 11.8 Å². The molecule has 0 bridgehead atoms. The predicted octanol–water partition coefficient (Wildman–Crippen LogP) is 3.23. The Kier molecular flexibility index (Phi) is 4.31. The van der Waals surface area contributed by atoms with Gasteiger partial charge < -0.3 is 15.4 Å². The van der Waals surface area contributed by atoms with Crippen molar-refractivity contribution in [1.29, 1.82) is 0 Å². The Morgan fingerprint density at radius 3 is 2.28 bits per heavy atom. The lowest BCUT2D eigenvalue weighted by molar-refractivity contribution is 0.122. The molecule has 5 heteroatoms. The van der Waals surface area contributed by atoms with Gasteiger partial charge in [-0.2, -0.15) is 4.98 Å². The summed E-state index contributed by atoms with van der Waals surface area (Å²) in [5.74, 6) is 1.15. The summed E-state index contributed by atoms with van der Waals surface area (Å²) >= 11 is 0. The van der Waals surface area contributed by atoms with Crippen LogP contribution < -0.4 is 10.6 Å². The highest BCUT2D eigenvalue weighted by Crippen LogP contribution is 2.32. The maximum Gasteiger partial charge on any atom is 0.222 e. The van der Waals surface area contributed by atoms with Gasteiger partial charge in [0.2, 0.25) is 5.95 Å². The maximum absolute atomic E-state index is 6.01. The number of benzene rings is 2. The highest BCUT2D eigenvalue weighted by molar-refractivity contribution is 5.82. The van der Waals surface area contributed by atoms with Crippen LogP contribution in [-0.2, 0) is 4.74 Å². The van der Waals surface area contributed by atoms with Crippen molar-refractivity contribution in [1.82, 2.24) is 9.97 Å². The molecule has 1 fully saturated rings. The Bertz CT molecular complexity index is 861. The van der Waals surface area contributed by atoms with Crippen molar-refractivity contribution in [3.8, 4) is 22.4 Å². The minimum absolute atomic E-state index is 0.293. The highest BCUT2D eigenvalue weighted by Gasteiger charge is 2.16. The average molecular weight is 332 g/mol. The van der Waals surface area contributed by atoms with Gasteiger partial charge in [-0.1, -0.05) is 54.6 Å². The molecule has 1 saturated heterocycles. The molecule has 126 valence electrons. The van der Waals surface area contributed by atoms with E-state index in [1.54, 1.807) is 0 Å². The average Bonchev–Trinajstić information content (AvgIpc) is 2.69. The van der Waals surface area contributed by atoms with Gasteiger partial charge in [-0.05, 0) is 11.1 Å². The Hall–Kier alpha value is -2.92. The number of ether oxygens (including phenoxy) is 1. The van der Waals surface area contributed by atoms with Gasteiger partial charge in [0.05, 0.1) is 18.9 Å². The molecule has 0 atom stereocenters. The molecule has 2 heterocycles. The molecular formula is C20H20N4O. The number of nitrogens with zero attached hydrogens (tertiary/aromatic N) is 3. The van der Waals surface area contributed by atoms with Gasteiger partial charge in [-0.25, -0.2) is 4.98 Å². The normalized spacial score (nSPS) is 14.5. The molecule has 4 rings (SSSR count). The molecule has 0 unspecified atom stereocenters. The third-order valence-corrected chi connectivity index (χ3v) is 4.35. The van der Waals surface area contributed by atoms with Crippen molar-refractivity contribution in [3.05, 3.63) is 60.7 Å². The summed E-state index contributed by atoms with van der Waals surface area (Å²) in [4.78, 5) is 11.1. The highest BCUT2D eigenvalue weighted by atomic mass is 16.5. The van der Waals surface area contributed by atoms with Crippen molar-refractivity contribution < 1.29 is 4.74 Å². The van der Waals surface area contributed by atoms with E-state index in [0.717, 1.165) is 41.3 Å². The molecule has 1 aliphatic heterocycles. The number of hydrogen-bond acceptors (Lipinski definition) is 5. The summed E-state index contributed by atoms with van der Waals surface area (Å²) in [6.07, 6.45) is 0. The van der Waals surface area contributed by atoms with Gasteiger partial charge >= 0.3 is 0 Å². The molecule has 1 aliphatic rings. The smallest absolute Gasteiger partial charge is 0.222 e. The quantitative estimate of drug-likeness (QED) is 0.798. The molecular weight excluding hydrogens is 312 g/mol. The zero-order chi connectivity index (χ0) is 17.1. The zero-order valence-corrected chi connectivity index (χ0v) is 13.9. The number of aromatic nitrogens is 2. The van der Waals surface area contributed by atoms with E-state index in [2.05, 4.69) is 39.1 Å². The lowest BCUT2D eigenvalue weighted by atomic mass is 9.97. The van der Waals surface area contributed by atoms with Crippen LogP contribution in [0.15, 0.2) is 60.7 Å². The third-order valence-electron chi connectivity index (χ3n) is 4.35. The summed E-state index contributed by atoms with van der Waals surface area (Å²) < 4.78 is 5.43. The Morgan fingerprint density at radius 1 is 0.840 bits per heavy atom. The van der Waals surface area contributed by atoms with Gasteiger partial charge in [0.1, 0.15) is 5.82 Å². The van der Waals surface area contributed by atoms with E-state index in [4.69, 9.17) is 10.5 Å². The van der Waals surface area contributed by atoms with Gasteiger partial charge in [-0.3, -0.25) is 0 Å². The standard InChI is InChI=1S/C20H20N4O/c21-20-22-18(14-19(23-20)24-10-12-25-13-11-24)17-9-5-4-8-16(17)15-6-2-1-3-7-15/h1-9,14H,10-13H2,(H2,21,22,23). The molecule has 0 spiro atoms. The molecule has 0 radical (unpaired) electrons. The minimum Gasteiger partial charge on any atom is -0.378 e. The Morgan fingerprint density at radius 2 is 1.52 bits per heavy atom. The monoisotopic (exact) mass is 332 g/mol. The lowest BCUT2D eigenvalue weighted by Gasteiger charge is -2.28. The number of anilines is 2. The molecule has 25 heavy (non-hydrogen) atoms. The van der Waals surface area contributed by atoms with E-state index in [0.29, 0.717) is 19.2 Å². The van der Waals surface area contributed by atoms with E-state index in [9.17, 15) is 0 Å². The summed E-state index contributed by atoms with van der Waals surface area (Å²) in [5.41, 5.74) is 10.2. The van der Waals surface area contributed by atoms with E-state index in [1.807, 2.05) is 36.4 Å². The number of nitrogens with two attached hydrogens (primary N) is 1. The second-order valence-electron chi connectivity index (χ2n) is 5.98. The Balaban J connectivity index is 1.79. The predicted molar refractivity (Wildman–Crippen MR) is 100 cm³/mol. The van der Waals surface area contributed by atoms with Crippen molar-refractivity contribution in [2.24, 2.45) is 0 Å². The van der Waals surface area contributed by atoms with Crippen LogP contribution in [0, 0.1) is 0 Å². The number of morpholine rings is 1. The van der Waals surface area contributed by atoms with Crippen LogP contribution in [0.1, 0.15) is 0 Å². The molecule has 5 nitrogen and oxygen atoms in total. The second-order valence-corrected chi connectivity index (χ2v) is 5.98. The Labute approximate surface area is 147 Å². The van der Waals surface area contributed by atoms with Crippen LogP contribution in [0.2, 0.25) is 0 Å². The topological polar surface area (TPSA) is 64.3 Å². The van der Waals surface area contributed by atoms with Crippen LogP contribution >= 0.6 is 0 Å². The summed E-state index contributed by atoms with van der Waals surface area (Å²) in [7, 11) is 0. The number of hydrogen-bond donors (Lipinski definition) is 1. The van der Waals surface area contributed by atoms with E-state index in [1.165, 1.54) is 0 Å². The van der Waals surface area contributed by atoms with Gasteiger partial charge in [-0.15, -0.1) is 0 Å². The van der Waals surface area contributed by atoms with Gasteiger partial charge in [0, 0.05) is 24.7 Å². The SMILES string of the molecule is Nc1nc(-c2ccccc2-c2ccccc2)cc(N2CCOCC2)n1. The van der Waals surface area contributed by atoms with Crippen molar-refractivity contribution in [2.75, 3.05) is 36.9 Å². The van der Waals surface area contributed by atoms with Gasteiger partial charge in [0.15, 0.2) is 0 Å². The third kappa shape index (κ3) is 3.32. The van der Waals surface area contributed by atoms with E-state index in [-0.39, 0.29) is 0 Å². The van der Waals surface area contributed by atoms with Crippen LogP contribution in [0.25, 0.3) is 22.4 Å². The summed E-state index contributed by atoms with van der Waals surface area (Å²) in [6, 6.07) is 20.6. The molecule has 2 N–H and O–H groups in total. The first kappa shape index (κ1) is 15.6. The maximum atomic E-state index is 6.01. The fourth-order valence-electron chi connectivity index (χ4n) is 3.12.